The minimum atomic E-state index is -1.39. The molecular formula is C16H13ClN2O6S. The Bertz CT molecular complexity index is 902. The predicted molar refractivity (Wildman–Crippen MR) is 95.8 cm³/mol. The van der Waals surface area contributed by atoms with Crippen LogP contribution in [0, 0.1) is 10.1 Å². The second-order valence-electron chi connectivity index (χ2n) is 5.00. The van der Waals surface area contributed by atoms with Crippen molar-refractivity contribution in [3.63, 3.8) is 0 Å². The van der Waals surface area contributed by atoms with Crippen molar-refractivity contribution in [1.82, 2.24) is 0 Å². The highest BCUT2D eigenvalue weighted by molar-refractivity contribution is 7.84. The lowest BCUT2D eigenvalue weighted by molar-refractivity contribution is -0.384. The smallest absolute Gasteiger partial charge is 0.339 e. The van der Waals surface area contributed by atoms with E-state index in [4.69, 9.17) is 16.3 Å². The van der Waals surface area contributed by atoms with Crippen LogP contribution in [0.1, 0.15) is 10.4 Å². The molecule has 0 spiro atoms. The lowest BCUT2D eigenvalue weighted by Gasteiger charge is -2.09. The summed E-state index contributed by atoms with van der Waals surface area (Å²) in [6.45, 7) is -0.611. The molecule has 0 saturated carbocycles. The minimum Gasteiger partial charge on any atom is -0.452 e. The van der Waals surface area contributed by atoms with Crippen LogP contribution in [0.25, 0.3) is 0 Å². The van der Waals surface area contributed by atoms with Gasteiger partial charge in [0.25, 0.3) is 11.6 Å². The third-order valence-corrected chi connectivity index (χ3v) is 4.47. The van der Waals surface area contributed by atoms with Crippen molar-refractivity contribution in [3.8, 4) is 0 Å². The van der Waals surface area contributed by atoms with E-state index in [1.54, 1.807) is 12.1 Å². The quantitative estimate of drug-likeness (QED) is 0.456. The molecule has 0 radical (unpaired) electrons. The highest BCUT2D eigenvalue weighted by Gasteiger charge is 2.17. The first kappa shape index (κ1) is 19.5. The third kappa shape index (κ3) is 4.87. The Morgan fingerprint density at radius 2 is 1.96 bits per heavy atom. The lowest BCUT2D eigenvalue weighted by atomic mass is 10.2. The van der Waals surface area contributed by atoms with Gasteiger partial charge in [-0.15, -0.1) is 0 Å². The molecule has 2 aromatic rings. The lowest BCUT2D eigenvalue weighted by Crippen LogP contribution is -2.21. The number of carbonyl (C=O) groups excluding carboxylic acids is 2. The maximum atomic E-state index is 12.1. The van der Waals surface area contributed by atoms with Crippen molar-refractivity contribution in [2.24, 2.45) is 0 Å². The van der Waals surface area contributed by atoms with Gasteiger partial charge in [-0.25, -0.2) is 4.79 Å². The van der Waals surface area contributed by atoms with Gasteiger partial charge in [-0.1, -0.05) is 23.7 Å². The van der Waals surface area contributed by atoms with Crippen LogP contribution in [0.5, 0.6) is 0 Å². The first-order valence-electron chi connectivity index (χ1n) is 7.13. The average molecular weight is 397 g/mol. The van der Waals surface area contributed by atoms with Crippen LogP contribution in [0.2, 0.25) is 5.02 Å². The van der Waals surface area contributed by atoms with E-state index in [-0.39, 0.29) is 22.0 Å². The molecule has 136 valence electrons. The Balaban J connectivity index is 2.01. The Morgan fingerprint density at radius 3 is 2.62 bits per heavy atom. The molecule has 2 rings (SSSR count). The molecule has 10 heteroatoms. The van der Waals surface area contributed by atoms with E-state index >= 15 is 0 Å². The zero-order valence-corrected chi connectivity index (χ0v) is 15.0. The number of hydrogen-bond acceptors (Lipinski definition) is 6. The highest BCUT2D eigenvalue weighted by Crippen LogP contribution is 2.27. The van der Waals surface area contributed by atoms with Gasteiger partial charge in [0, 0.05) is 18.0 Å². The van der Waals surface area contributed by atoms with E-state index in [9.17, 15) is 23.9 Å². The van der Waals surface area contributed by atoms with Gasteiger partial charge in [0.15, 0.2) is 6.61 Å². The van der Waals surface area contributed by atoms with E-state index in [0.717, 1.165) is 6.07 Å². The number of benzene rings is 2. The van der Waals surface area contributed by atoms with Gasteiger partial charge in [0.2, 0.25) is 0 Å². The van der Waals surface area contributed by atoms with E-state index in [2.05, 4.69) is 5.32 Å². The second kappa shape index (κ2) is 8.54. The minimum absolute atomic E-state index is 0.0661. The Kier molecular flexibility index (Phi) is 6.42. The Labute approximate surface area is 155 Å². The van der Waals surface area contributed by atoms with Crippen molar-refractivity contribution in [2.75, 3.05) is 18.2 Å². The van der Waals surface area contributed by atoms with Crippen LogP contribution < -0.4 is 5.32 Å². The molecule has 1 amide bonds. The van der Waals surface area contributed by atoms with Gasteiger partial charge in [0.05, 0.1) is 26.2 Å². The summed E-state index contributed by atoms with van der Waals surface area (Å²) in [5.74, 6) is -1.49. The summed E-state index contributed by atoms with van der Waals surface area (Å²) >= 11 is 5.69. The first-order chi connectivity index (χ1) is 12.3. The van der Waals surface area contributed by atoms with Crippen LogP contribution in [0.4, 0.5) is 11.4 Å². The number of anilines is 1. The van der Waals surface area contributed by atoms with Gasteiger partial charge in [-0.2, -0.15) is 0 Å². The molecule has 1 atom stereocenters. The van der Waals surface area contributed by atoms with Gasteiger partial charge >= 0.3 is 5.97 Å². The van der Waals surface area contributed by atoms with Gasteiger partial charge in [0.1, 0.15) is 5.02 Å². The number of amides is 1. The predicted octanol–water partition coefficient (Wildman–Crippen LogP) is 2.78. The number of carbonyl (C=O) groups is 2. The summed E-state index contributed by atoms with van der Waals surface area (Å²) in [5.41, 5.74) is -0.124. The maximum Gasteiger partial charge on any atom is 0.339 e. The fraction of sp³-hybridized carbons (Fsp3) is 0.125. The summed E-state index contributed by atoms with van der Waals surface area (Å²) < 4.78 is 16.5. The van der Waals surface area contributed by atoms with E-state index < -0.39 is 34.2 Å². The molecule has 8 nitrogen and oxygen atoms in total. The van der Waals surface area contributed by atoms with E-state index in [0.29, 0.717) is 4.90 Å². The summed E-state index contributed by atoms with van der Waals surface area (Å²) in [6, 6.07) is 9.93. The normalized spacial score (nSPS) is 11.5. The number of nitro groups is 1. The largest absolute Gasteiger partial charge is 0.452 e. The zero-order chi connectivity index (χ0) is 19.3. The number of nitro benzene ring substituents is 1. The van der Waals surface area contributed by atoms with Crippen molar-refractivity contribution >= 4 is 45.7 Å². The standard InChI is InChI=1S/C16H13ClN2O6S/c1-26(24)14-5-3-2-4-11(14)16(21)25-9-15(20)18-10-6-7-12(17)13(8-10)19(22)23/h2-8H,9H2,1H3,(H,18,20)/t26-/m1/s1. The summed E-state index contributed by atoms with van der Waals surface area (Å²) in [5, 5.41) is 13.1. The fourth-order valence-electron chi connectivity index (χ4n) is 2.02. The van der Waals surface area contributed by atoms with Gasteiger partial charge in [-0.05, 0) is 24.3 Å². The van der Waals surface area contributed by atoms with Gasteiger partial charge in [-0.3, -0.25) is 19.1 Å². The summed E-state index contributed by atoms with van der Waals surface area (Å²) in [7, 11) is -1.39. The first-order valence-corrected chi connectivity index (χ1v) is 9.06. The molecule has 0 unspecified atom stereocenters. The number of ether oxygens (including phenoxy) is 1. The van der Waals surface area contributed by atoms with Crippen LogP contribution in [0.3, 0.4) is 0 Å². The van der Waals surface area contributed by atoms with Gasteiger partial charge < -0.3 is 10.1 Å². The molecule has 26 heavy (non-hydrogen) atoms. The molecule has 1 N–H and O–H groups in total. The molecule has 0 aliphatic rings. The molecule has 0 bridgehead atoms. The number of rotatable bonds is 6. The molecule has 0 saturated heterocycles. The molecule has 0 aliphatic heterocycles. The van der Waals surface area contributed by atoms with Crippen molar-refractivity contribution in [3.05, 3.63) is 63.2 Å². The van der Waals surface area contributed by atoms with E-state index in [1.165, 1.54) is 30.5 Å². The van der Waals surface area contributed by atoms with Crippen LogP contribution >= 0.6 is 11.6 Å². The fourth-order valence-corrected chi connectivity index (χ4v) is 2.94. The van der Waals surface area contributed by atoms with Crippen molar-refractivity contribution in [1.29, 1.82) is 0 Å². The Morgan fingerprint density at radius 1 is 1.27 bits per heavy atom. The van der Waals surface area contributed by atoms with Crippen molar-refractivity contribution in [2.45, 2.75) is 4.90 Å². The average Bonchev–Trinajstić information content (AvgIpc) is 2.61. The summed E-state index contributed by atoms with van der Waals surface area (Å²) in [6.07, 6.45) is 1.42. The van der Waals surface area contributed by atoms with Crippen molar-refractivity contribution < 1.29 is 23.5 Å². The molecule has 0 heterocycles. The molecule has 0 fully saturated rings. The third-order valence-electron chi connectivity index (χ3n) is 3.18. The van der Waals surface area contributed by atoms with Crippen LogP contribution in [-0.4, -0.2) is 33.9 Å². The zero-order valence-electron chi connectivity index (χ0n) is 13.4. The molecule has 2 aromatic carbocycles. The molecule has 0 aromatic heterocycles. The van der Waals surface area contributed by atoms with Crippen LogP contribution in [0.15, 0.2) is 47.4 Å². The Hall–Kier alpha value is -2.78. The molecular weight excluding hydrogens is 384 g/mol. The number of esters is 1. The SMILES string of the molecule is C[S@@](=O)c1ccccc1C(=O)OCC(=O)Nc1ccc(Cl)c([N+](=O)[O-])c1. The topological polar surface area (TPSA) is 116 Å². The number of halogens is 1. The second-order valence-corrected chi connectivity index (χ2v) is 6.75. The van der Waals surface area contributed by atoms with E-state index in [1.807, 2.05) is 0 Å². The number of nitrogens with zero attached hydrogens (tertiary/aromatic N) is 1. The maximum absolute atomic E-state index is 12.1. The summed E-state index contributed by atoms with van der Waals surface area (Å²) in [4.78, 5) is 34.4. The molecule has 0 aliphatic carbocycles. The number of hydrogen-bond donors (Lipinski definition) is 1. The van der Waals surface area contributed by atoms with Crippen LogP contribution in [-0.2, 0) is 20.3 Å². The highest BCUT2D eigenvalue weighted by atomic mass is 35.5. The number of nitrogens with one attached hydrogen (secondary N) is 1. The monoisotopic (exact) mass is 396 g/mol.